The van der Waals surface area contributed by atoms with E-state index in [4.69, 9.17) is 4.74 Å². The lowest BCUT2D eigenvalue weighted by atomic mass is 9.85. The molecule has 0 saturated carbocycles. The molecule has 0 spiro atoms. The lowest BCUT2D eigenvalue weighted by Crippen LogP contribution is -2.50. The minimum absolute atomic E-state index is 0.0145. The second-order valence-electron chi connectivity index (χ2n) is 7.80. The van der Waals surface area contributed by atoms with Crippen molar-refractivity contribution in [3.8, 4) is 11.1 Å². The molecule has 3 rings (SSSR count). The maximum atomic E-state index is 12.6. The number of aliphatic carboxylic acids is 1. The van der Waals surface area contributed by atoms with Crippen LogP contribution in [0, 0.1) is 0 Å². The molecule has 5 heteroatoms. The Morgan fingerprint density at radius 3 is 1.97 bits per heavy atom. The number of benzene rings is 2. The topological polar surface area (TPSA) is 75.6 Å². The lowest BCUT2D eigenvalue weighted by molar-refractivity contribution is -0.138. The maximum Gasteiger partial charge on any atom is 0.407 e. The number of hydrogen-bond acceptors (Lipinski definition) is 3. The van der Waals surface area contributed by atoms with Gasteiger partial charge in [0.1, 0.15) is 6.61 Å². The van der Waals surface area contributed by atoms with Crippen LogP contribution in [0.25, 0.3) is 11.1 Å². The molecule has 0 bridgehead atoms. The quantitative estimate of drug-likeness (QED) is 0.601. The molecule has 0 saturated heterocycles. The standard InChI is InChI=1S/C24H29NO4/c1-3-13-24(14-4-2,15-22(26)27)25-23(28)29-16-21-19-11-7-5-9-17(19)18-10-6-8-12-20(18)21/h5-12,21H,3-4,13-16H2,1-2H3,(H,25,28)(H,26,27). The van der Waals surface area contributed by atoms with Crippen molar-refractivity contribution in [1.82, 2.24) is 5.32 Å². The first-order chi connectivity index (χ1) is 14.0. The van der Waals surface area contributed by atoms with Gasteiger partial charge < -0.3 is 15.2 Å². The molecule has 0 atom stereocenters. The van der Waals surface area contributed by atoms with Crippen molar-refractivity contribution < 1.29 is 19.4 Å². The maximum absolute atomic E-state index is 12.6. The van der Waals surface area contributed by atoms with Crippen molar-refractivity contribution in [2.24, 2.45) is 0 Å². The number of carboxylic acid groups (broad SMARTS) is 1. The molecule has 0 fully saturated rings. The van der Waals surface area contributed by atoms with Crippen LogP contribution < -0.4 is 5.32 Å². The number of alkyl carbamates (subject to hydrolysis) is 1. The zero-order chi connectivity index (χ0) is 20.9. The van der Waals surface area contributed by atoms with Crippen LogP contribution in [0.5, 0.6) is 0 Å². The van der Waals surface area contributed by atoms with E-state index in [1.807, 2.05) is 38.1 Å². The minimum Gasteiger partial charge on any atom is -0.481 e. The van der Waals surface area contributed by atoms with Crippen LogP contribution in [-0.4, -0.2) is 29.3 Å². The minimum atomic E-state index is -0.911. The smallest absolute Gasteiger partial charge is 0.407 e. The van der Waals surface area contributed by atoms with Gasteiger partial charge >= 0.3 is 12.1 Å². The van der Waals surface area contributed by atoms with Crippen molar-refractivity contribution in [2.75, 3.05) is 6.61 Å². The average molecular weight is 395 g/mol. The first-order valence-electron chi connectivity index (χ1n) is 10.3. The van der Waals surface area contributed by atoms with E-state index >= 15 is 0 Å². The van der Waals surface area contributed by atoms with E-state index in [-0.39, 0.29) is 18.9 Å². The summed E-state index contributed by atoms with van der Waals surface area (Å²) < 4.78 is 5.63. The van der Waals surface area contributed by atoms with Gasteiger partial charge in [0.05, 0.1) is 12.0 Å². The molecule has 1 amide bonds. The summed E-state index contributed by atoms with van der Waals surface area (Å²) in [6.07, 6.45) is 2.15. The van der Waals surface area contributed by atoms with Gasteiger partial charge in [-0.3, -0.25) is 4.79 Å². The highest BCUT2D eigenvalue weighted by Gasteiger charge is 2.34. The summed E-state index contributed by atoms with van der Waals surface area (Å²) >= 11 is 0. The van der Waals surface area contributed by atoms with Gasteiger partial charge in [-0.1, -0.05) is 75.2 Å². The van der Waals surface area contributed by atoms with Crippen LogP contribution in [-0.2, 0) is 9.53 Å². The third-order valence-corrected chi connectivity index (χ3v) is 5.66. The predicted molar refractivity (Wildman–Crippen MR) is 113 cm³/mol. The van der Waals surface area contributed by atoms with E-state index < -0.39 is 17.6 Å². The van der Waals surface area contributed by atoms with Crippen molar-refractivity contribution >= 4 is 12.1 Å². The van der Waals surface area contributed by atoms with Gasteiger partial charge in [-0.2, -0.15) is 0 Å². The summed E-state index contributed by atoms with van der Waals surface area (Å²) in [5, 5.41) is 12.2. The van der Waals surface area contributed by atoms with E-state index in [9.17, 15) is 14.7 Å². The Bertz CT molecular complexity index is 825. The highest BCUT2D eigenvalue weighted by Crippen LogP contribution is 2.44. The second kappa shape index (κ2) is 9.12. The molecule has 0 radical (unpaired) electrons. The number of nitrogens with one attached hydrogen (secondary N) is 1. The van der Waals surface area contributed by atoms with Gasteiger partial charge in [0.15, 0.2) is 0 Å². The molecule has 0 unspecified atom stereocenters. The van der Waals surface area contributed by atoms with Crippen molar-refractivity contribution in [3.05, 3.63) is 59.7 Å². The molecule has 5 nitrogen and oxygen atoms in total. The Hall–Kier alpha value is -2.82. The third kappa shape index (κ3) is 4.61. The van der Waals surface area contributed by atoms with Gasteiger partial charge in [-0.15, -0.1) is 0 Å². The van der Waals surface area contributed by atoms with E-state index in [0.29, 0.717) is 12.8 Å². The first-order valence-corrected chi connectivity index (χ1v) is 10.3. The van der Waals surface area contributed by atoms with Gasteiger partial charge in [-0.25, -0.2) is 4.79 Å². The summed E-state index contributed by atoms with van der Waals surface area (Å²) in [5.41, 5.74) is 3.89. The summed E-state index contributed by atoms with van der Waals surface area (Å²) in [7, 11) is 0. The number of fused-ring (bicyclic) bond motifs is 3. The Balaban J connectivity index is 1.74. The molecule has 2 aromatic rings. The van der Waals surface area contributed by atoms with Gasteiger partial charge in [-0.05, 0) is 35.1 Å². The molecule has 2 N–H and O–H groups in total. The average Bonchev–Trinajstić information content (AvgIpc) is 3.00. The second-order valence-corrected chi connectivity index (χ2v) is 7.80. The Morgan fingerprint density at radius 2 is 1.48 bits per heavy atom. The molecular formula is C24H29NO4. The van der Waals surface area contributed by atoms with Crippen LogP contribution in [0.2, 0.25) is 0 Å². The molecule has 1 aliphatic rings. The third-order valence-electron chi connectivity index (χ3n) is 5.66. The van der Waals surface area contributed by atoms with Crippen LogP contribution in [0.4, 0.5) is 4.79 Å². The normalized spacial score (nSPS) is 12.9. The van der Waals surface area contributed by atoms with Crippen molar-refractivity contribution in [3.63, 3.8) is 0 Å². The molecule has 0 heterocycles. The van der Waals surface area contributed by atoms with Gasteiger partial charge in [0.2, 0.25) is 0 Å². The largest absolute Gasteiger partial charge is 0.481 e. The zero-order valence-corrected chi connectivity index (χ0v) is 17.1. The van der Waals surface area contributed by atoms with E-state index in [0.717, 1.165) is 24.0 Å². The number of carbonyl (C=O) groups excluding carboxylic acids is 1. The van der Waals surface area contributed by atoms with Crippen LogP contribution in [0.3, 0.4) is 0 Å². The van der Waals surface area contributed by atoms with Gasteiger partial charge in [0, 0.05) is 5.92 Å². The van der Waals surface area contributed by atoms with Crippen molar-refractivity contribution in [1.29, 1.82) is 0 Å². The number of amides is 1. The number of carboxylic acids is 1. The number of rotatable bonds is 9. The fourth-order valence-corrected chi connectivity index (χ4v) is 4.57. The summed E-state index contributed by atoms with van der Waals surface area (Å²) in [6, 6.07) is 16.4. The van der Waals surface area contributed by atoms with Gasteiger partial charge in [0.25, 0.3) is 0 Å². The summed E-state index contributed by atoms with van der Waals surface area (Å²) in [5.74, 6) is -0.926. The van der Waals surface area contributed by atoms with Crippen LogP contribution in [0.15, 0.2) is 48.5 Å². The molecule has 2 aromatic carbocycles. The SMILES string of the molecule is CCCC(CCC)(CC(=O)O)NC(=O)OCC1c2ccccc2-c2ccccc21. The molecule has 29 heavy (non-hydrogen) atoms. The van der Waals surface area contributed by atoms with E-state index in [2.05, 4.69) is 29.6 Å². The molecule has 1 aliphatic carbocycles. The monoisotopic (exact) mass is 395 g/mol. The Kier molecular flexibility index (Phi) is 6.57. The molecular weight excluding hydrogens is 366 g/mol. The molecule has 154 valence electrons. The highest BCUT2D eigenvalue weighted by molar-refractivity contribution is 5.79. The Labute approximate surface area is 172 Å². The zero-order valence-electron chi connectivity index (χ0n) is 17.1. The summed E-state index contributed by atoms with van der Waals surface area (Å²) in [6.45, 7) is 4.21. The molecule has 0 aliphatic heterocycles. The lowest BCUT2D eigenvalue weighted by Gasteiger charge is -2.33. The number of carbonyl (C=O) groups is 2. The fourth-order valence-electron chi connectivity index (χ4n) is 4.57. The predicted octanol–water partition coefficient (Wildman–Crippen LogP) is 5.34. The first kappa shape index (κ1) is 20.9. The van der Waals surface area contributed by atoms with Crippen LogP contribution in [0.1, 0.15) is 63.0 Å². The number of ether oxygens (including phenoxy) is 1. The van der Waals surface area contributed by atoms with Crippen molar-refractivity contribution in [2.45, 2.75) is 57.4 Å². The Morgan fingerprint density at radius 1 is 0.966 bits per heavy atom. The van der Waals surface area contributed by atoms with E-state index in [1.54, 1.807) is 0 Å². The summed E-state index contributed by atoms with van der Waals surface area (Å²) in [4.78, 5) is 24.0. The molecule has 0 aromatic heterocycles. The fraction of sp³-hybridized carbons (Fsp3) is 0.417. The van der Waals surface area contributed by atoms with Crippen LogP contribution >= 0.6 is 0 Å². The number of hydrogen-bond donors (Lipinski definition) is 2. The highest BCUT2D eigenvalue weighted by atomic mass is 16.5. The van der Waals surface area contributed by atoms with E-state index in [1.165, 1.54) is 11.1 Å².